The van der Waals surface area contributed by atoms with Gasteiger partial charge in [-0.25, -0.2) is 0 Å². The number of alkyl halides is 1. The topological polar surface area (TPSA) is 21.1 Å². The van der Waals surface area contributed by atoms with Crippen LogP contribution in [-0.2, 0) is 19.5 Å². The van der Waals surface area contributed by atoms with E-state index >= 15 is 0 Å². The number of likely N-dealkylation sites (tertiary alicyclic amines) is 1. The Morgan fingerprint density at radius 3 is 2.88 bits per heavy atom. The number of hydrogen-bond donors (Lipinski definition) is 0. The van der Waals surface area contributed by atoms with Gasteiger partial charge in [-0.1, -0.05) is 22.9 Å². The lowest BCUT2D eigenvalue weighted by Crippen LogP contribution is -2.22. The van der Waals surface area contributed by atoms with E-state index in [4.69, 9.17) is 0 Å². The third kappa shape index (κ3) is 2.66. The molecule has 0 radical (unpaired) electrons. The molecule has 1 aliphatic heterocycles. The Morgan fingerprint density at radius 1 is 1.50 bits per heavy atom. The minimum Gasteiger partial charge on any atom is -0.296 e. The maximum atomic E-state index is 4.59. The molecule has 1 atom stereocenters. The fraction of sp³-hybridized carbons (Fsp3) is 0.750. The summed E-state index contributed by atoms with van der Waals surface area (Å²) in [7, 11) is 0. The molecule has 0 aromatic carbocycles. The maximum absolute atomic E-state index is 4.59. The van der Waals surface area contributed by atoms with E-state index in [0.29, 0.717) is 4.83 Å². The lowest BCUT2D eigenvalue weighted by Gasteiger charge is -2.15. The van der Waals surface area contributed by atoms with Gasteiger partial charge >= 0.3 is 0 Å². The molecule has 0 spiro atoms. The maximum Gasteiger partial charge on any atom is 0.0625 e. The quantitative estimate of drug-likeness (QED) is 0.793. The fourth-order valence-electron chi connectivity index (χ4n) is 2.25. The minimum atomic E-state index is 0.677. The molecule has 0 amide bonds. The number of nitrogens with zero attached hydrogens (tertiary/aromatic N) is 3. The fourth-order valence-corrected chi connectivity index (χ4v) is 2.86. The van der Waals surface area contributed by atoms with Gasteiger partial charge in [0.2, 0.25) is 0 Å². The first-order chi connectivity index (χ1) is 7.72. The Bertz CT molecular complexity index is 348. The first-order valence-corrected chi connectivity index (χ1v) is 7.06. The minimum absolute atomic E-state index is 0.677. The van der Waals surface area contributed by atoms with E-state index in [1.165, 1.54) is 24.4 Å². The number of halogens is 1. The van der Waals surface area contributed by atoms with E-state index < -0.39 is 0 Å². The molecule has 1 fully saturated rings. The zero-order chi connectivity index (χ0) is 11.5. The van der Waals surface area contributed by atoms with Crippen LogP contribution in [0.3, 0.4) is 0 Å². The highest BCUT2D eigenvalue weighted by Gasteiger charge is 2.21. The molecule has 1 aliphatic rings. The predicted octanol–water partition coefficient (Wildman–Crippen LogP) is 2.43. The Balaban J connectivity index is 2.05. The van der Waals surface area contributed by atoms with Gasteiger partial charge in [-0.15, -0.1) is 0 Å². The number of aryl methyl sites for hydroxylation is 2. The van der Waals surface area contributed by atoms with Crippen LogP contribution < -0.4 is 0 Å². The predicted molar refractivity (Wildman–Crippen MR) is 69.9 cm³/mol. The van der Waals surface area contributed by atoms with Crippen molar-refractivity contribution in [1.29, 1.82) is 0 Å². The van der Waals surface area contributed by atoms with Crippen molar-refractivity contribution in [3.63, 3.8) is 0 Å². The highest BCUT2D eigenvalue weighted by atomic mass is 79.9. The third-order valence-electron chi connectivity index (χ3n) is 3.18. The van der Waals surface area contributed by atoms with Gasteiger partial charge in [0, 0.05) is 24.5 Å². The summed E-state index contributed by atoms with van der Waals surface area (Å²) < 4.78 is 2.14. The van der Waals surface area contributed by atoms with Crippen molar-refractivity contribution in [3.8, 4) is 0 Å². The van der Waals surface area contributed by atoms with Crippen molar-refractivity contribution >= 4 is 15.9 Å². The molecule has 2 rings (SSSR count). The van der Waals surface area contributed by atoms with Gasteiger partial charge in [-0.2, -0.15) is 5.10 Å². The van der Waals surface area contributed by atoms with Crippen molar-refractivity contribution < 1.29 is 0 Å². The zero-order valence-corrected chi connectivity index (χ0v) is 11.7. The normalized spacial score (nSPS) is 21.8. The SMILES string of the molecule is CCc1cc(CN2CCC(Br)C2)n(CC)n1. The molecule has 1 aromatic heterocycles. The summed E-state index contributed by atoms with van der Waals surface area (Å²) in [5.74, 6) is 0. The van der Waals surface area contributed by atoms with Gasteiger partial charge < -0.3 is 0 Å². The summed E-state index contributed by atoms with van der Waals surface area (Å²) in [6.07, 6.45) is 2.29. The van der Waals surface area contributed by atoms with Crippen molar-refractivity contribution in [3.05, 3.63) is 17.5 Å². The molecule has 1 aromatic rings. The molecule has 4 heteroatoms. The Labute approximate surface area is 106 Å². The van der Waals surface area contributed by atoms with Crippen LogP contribution in [0.25, 0.3) is 0 Å². The second-order valence-electron chi connectivity index (χ2n) is 4.42. The van der Waals surface area contributed by atoms with Gasteiger partial charge in [-0.3, -0.25) is 9.58 Å². The van der Waals surface area contributed by atoms with Gasteiger partial charge in [0.25, 0.3) is 0 Å². The second kappa shape index (κ2) is 5.32. The summed E-state index contributed by atoms with van der Waals surface area (Å²) in [5, 5.41) is 4.59. The van der Waals surface area contributed by atoms with Crippen LogP contribution in [0.4, 0.5) is 0 Å². The average molecular weight is 286 g/mol. The number of rotatable bonds is 4. The molecular formula is C12H20BrN3. The monoisotopic (exact) mass is 285 g/mol. The lowest BCUT2D eigenvalue weighted by molar-refractivity contribution is 0.320. The summed E-state index contributed by atoms with van der Waals surface area (Å²) in [6, 6.07) is 2.26. The standard InChI is InChI=1S/C12H20BrN3/c1-3-11-7-12(16(4-2)14-11)9-15-6-5-10(13)8-15/h7,10H,3-6,8-9H2,1-2H3. The van der Waals surface area contributed by atoms with Gasteiger partial charge in [0.15, 0.2) is 0 Å². The summed E-state index contributed by atoms with van der Waals surface area (Å²) in [5.41, 5.74) is 2.58. The van der Waals surface area contributed by atoms with Gasteiger partial charge in [0.05, 0.1) is 11.4 Å². The molecule has 16 heavy (non-hydrogen) atoms. The van der Waals surface area contributed by atoms with Crippen LogP contribution in [0.2, 0.25) is 0 Å². The Morgan fingerprint density at radius 2 is 2.31 bits per heavy atom. The van der Waals surface area contributed by atoms with Crippen molar-refractivity contribution in [2.45, 2.75) is 44.6 Å². The summed E-state index contributed by atoms with van der Waals surface area (Å²) in [6.45, 7) is 8.70. The highest BCUT2D eigenvalue weighted by Crippen LogP contribution is 2.19. The van der Waals surface area contributed by atoms with Crippen LogP contribution in [-0.4, -0.2) is 32.6 Å². The van der Waals surface area contributed by atoms with Crippen molar-refractivity contribution in [1.82, 2.24) is 14.7 Å². The van der Waals surface area contributed by atoms with Crippen LogP contribution >= 0.6 is 15.9 Å². The van der Waals surface area contributed by atoms with E-state index in [1.54, 1.807) is 0 Å². The van der Waals surface area contributed by atoms with E-state index in [2.05, 4.69) is 50.5 Å². The van der Waals surface area contributed by atoms with E-state index in [1.807, 2.05) is 0 Å². The summed E-state index contributed by atoms with van der Waals surface area (Å²) in [4.78, 5) is 3.18. The molecule has 2 heterocycles. The van der Waals surface area contributed by atoms with Crippen LogP contribution in [0.15, 0.2) is 6.07 Å². The Kier molecular flexibility index (Phi) is 4.03. The smallest absolute Gasteiger partial charge is 0.0625 e. The molecule has 0 aliphatic carbocycles. The molecule has 0 bridgehead atoms. The molecule has 1 unspecified atom stereocenters. The van der Waals surface area contributed by atoms with Gasteiger partial charge in [0.1, 0.15) is 0 Å². The molecule has 3 nitrogen and oxygen atoms in total. The van der Waals surface area contributed by atoms with E-state index in [-0.39, 0.29) is 0 Å². The molecule has 1 saturated heterocycles. The van der Waals surface area contributed by atoms with Gasteiger partial charge in [-0.05, 0) is 32.4 Å². The molecule has 0 saturated carbocycles. The first-order valence-electron chi connectivity index (χ1n) is 6.15. The number of hydrogen-bond acceptors (Lipinski definition) is 2. The van der Waals surface area contributed by atoms with Crippen molar-refractivity contribution in [2.75, 3.05) is 13.1 Å². The van der Waals surface area contributed by atoms with Crippen LogP contribution in [0.5, 0.6) is 0 Å². The van der Waals surface area contributed by atoms with Crippen LogP contribution in [0.1, 0.15) is 31.7 Å². The second-order valence-corrected chi connectivity index (χ2v) is 5.71. The zero-order valence-electron chi connectivity index (χ0n) is 10.1. The largest absolute Gasteiger partial charge is 0.296 e. The van der Waals surface area contributed by atoms with E-state index in [0.717, 1.165) is 26.1 Å². The van der Waals surface area contributed by atoms with Crippen LogP contribution in [0, 0.1) is 0 Å². The summed E-state index contributed by atoms with van der Waals surface area (Å²) >= 11 is 3.68. The first kappa shape index (κ1) is 12.1. The molecule has 0 N–H and O–H groups in total. The number of aromatic nitrogens is 2. The lowest BCUT2D eigenvalue weighted by atomic mass is 10.3. The van der Waals surface area contributed by atoms with Crippen molar-refractivity contribution in [2.24, 2.45) is 0 Å². The molecular weight excluding hydrogens is 266 g/mol. The Hall–Kier alpha value is -0.350. The average Bonchev–Trinajstić information content (AvgIpc) is 2.85. The third-order valence-corrected chi connectivity index (χ3v) is 3.92. The molecule has 90 valence electrons. The highest BCUT2D eigenvalue weighted by molar-refractivity contribution is 9.09. The van der Waals surface area contributed by atoms with E-state index in [9.17, 15) is 0 Å².